The Balaban J connectivity index is 2.03. The van der Waals surface area contributed by atoms with Crippen molar-refractivity contribution < 1.29 is 13.2 Å². The smallest absolute Gasteiger partial charge is 0.273 e. The number of hydrogen-bond donors (Lipinski definition) is 0. The summed E-state index contributed by atoms with van der Waals surface area (Å²) in [5.74, 6) is 0.795. The number of sulfone groups is 1. The number of carbonyl (C=O) groups is 1. The molecule has 7 nitrogen and oxygen atoms in total. The van der Waals surface area contributed by atoms with Crippen molar-refractivity contribution in [3.63, 3.8) is 0 Å². The highest BCUT2D eigenvalue weighted by atomic mass is 32.2. The van der Waals surface area contributed by atoms with E-state index in [9.17, 15) is 13.2 Å². The van der Waals surface area contributed by atoms with Crippen molar-refractivity contribution in [2.75, 3.05) is 37.0 Å². The van der Waals surface area contributed by atoms with Crippen LogP contribution in [0.15, 0.2) is 12.4 Å². The lowest BCUT2D eigenvalue weighted by molar-refractivity contribution is 0.0787. The molecule has 0 bridgehead atoms. The van der Waals surface area contributed by atoms with Crippen LogP contribution in [0.5, 0.6) is 0 Å². The minimum atomic E-state index is -2.94. The van der Waals surface area contributed by atoms with E-state index in [2.05, 4.69) is 16.9 Å². The SMILES string of the molecule is CCCCN(C)C(=O)c1cnc(N(C)C2CCS(=O)(=O)C2)cn1. The molecule has 0 spiro atoms. The van der Waals surface area contributed by atoms with Gasteiger partial charge in [0.1, 0.15) is 11.5 Å². The predicted octanol–water partition coefficient (Wildman–Crippen LogP) is 0.972. The molecule has 2 rings (SSSR count). The molecule has 0 aromatic carbocycles. The Bertz CT molecular complexity index is 645. The topological polar surface area (TPSA) is 83.5 Å². The van der Waals surface area contributed by atoms with Gasteiger partial charge in [-0.1, -0.05) is 13.3 Å². The minimum Gasteiger partial charge on any atom is -0.354 e. The van der Waals surface area contributed by atoms with E-state index in [0.29, 0.717) is 24.5 Å². The molecular weight excluding hydrogens is 316 g/mol. The molecule has 8 heteroatoms. The summed E-state index contributed by atoms with van der Waals surface area (Å²) in [6.07, 6.45) is 5.57. The van der Waals surface area contributed by atoms with E-state index in [4.69, 9.17) is 0 Å². The number of rotatable bonds is 6. The highest BCUT2D eigenvalue weighted by Crippen LogP contribution is 2.20. The average Bonchev–Trinajstić information content (AvgIpc) is 2.91. The van der Waals surface area contributed by atoms with Crippen LogP contribution in [0.25, 0.3) is 0 Å². The van der Waals surface area contributed by atoms with Crippen LogP contribution in [0.1, 0.15) is 36.7 Å². The average molecular weight is 340 g/mol. The minimum absolute atomic E-state index is 0.0805. The molecule has 1 unspecified atom stereocenters. The van der Waals surface area contributed by atoms with Crippen LogP contribution in [-0.4, -0.2) is 67.4 Å². The summed E-state index contributed by atoms with van der Waals surface area (Å²) < 4.78 is 23.1. The van der Waals surface area contributed by atoms with Gasteiger partial charge in [-0.05, 0) is 12.8 Å². The summed E-state index contributed by atoms with van der Waals surface area (Å²) in [7, 11) is 0.622. The van der Waals surface area contributed by atoms with E-state index in [-0.39, 0.29) is 23.5 Å². The number of carbonyl (C=O) groups excluding carboxylic acids is 1. The zero-order valence-electron chi connectivity index (χ0n) is 13.9. The first-order valence-corrected chi connectivity index (χ1v) is 9.67. The van der Waals surface area contributed by atoms with Gasteiger partial charge in [-0.15, -0.1) is 0 Å². The fourth-order valence-corrected chi connectivity index (χ4v) is 4.35. The summed E-state index contributed by atoms with van der Waals surface area (Å²) in [4.78, 5) is 24.1. The second-order valence-electron chi connectivity index (χ2n) is 6.01. The molecule has 1 saturated heterocycles. The van der Waals surface area contributed by atoms with Crippen molar-refractivity contribution in [2.24, 2.45) is 0 Å². The Kier molecular flexibility index (Phi) is 5.56. The van der Waals surface area contributed by atoms with Gasteiger partial charge in [-0.3, -0.25) is 4.79 Å². The fraction of sp³-hybridized carbons (Fsp3) is 0.667. The third-order valence-electron chi connectivity index (χ3n) is 4.17. The molecule has 1 aromatic heterocycles. The first kappa shape index (κ1) is 17.7. The molecule has 0 aliphatic carbocycles. The zero-order valence-corrected chi connectivity index (χ0v) is 14.7. The molecule has 1 aliphatic heterocycles. The van der Waals surface area contributed by atoms with Crippen molar-refractivity contribution in [3.05, 3.63) is 18.1 Å². The maximum atomic E-state index is 12.2. The van der Waals surface area contributed by atoms with Crippen LogP contribution in [0.2, 0.25) is 0 Å². The molecule has 128 valence electrons. The van der Waals surface area contributed by atoms with Crippen molar-refractivity contribution in [3.8, 4) is 0 Å². The van der Waals surface area contributed by atoms with Gasteiger partial charge in [-0.2, -0.15) is 0 Å². The third kappa shape index (κ3) is 4.40. The lowest BCUT2D eigenvalue weighted by Crippen LogP contribution is -2.33. The van der Waals surface area contributed by atoms with Gasteiger partial charge in [0.25, 0.3) is 5.91 Å². The van der Waals surface area contributed by atoms with Crippen molar-refractivity contribution >= 4 is 21.6 Å². The summed E-state index contributed by atoms with van der Waals surface area (Å²) in [5.41, 5.74) is 0.305. The quantitative estimate of drug-likeness (QED) is 0.767. The van der Waals surface area contributed by atoms with Crippen molar-refractivity contribution in [2.45, 2.75) is 32.2 Å². The summed E-state index contributed by atoms with van der Waals surface area (Å²) in [6, 6.07) is -0.0805. The maximum Gasteiger partial charge on any atom is 0.273 e. The number of amides is 1. The molecule has 0 saturated carbocycles. The largest absolute Gasteiger partial charge is 0.354 e. The molecule has 1 atom stereocenters. The van der Waals surface area contributed by atoms with Gasteiger partial charge in [0, 0.05) is 26.7 Å². The van der Waals surface area contributed by atoms with Gasteiger partial charge < -0.3 is 9.80 Å². The molecule has 23 heavy (non-hydrogen) atoms. The second-order valence-corrected chi connectivity index (χ2v) is 8.24. The van der Waals surface area contributed by atoms with Crippen LogP contribution >= 0.6 is 0 Å². The van der Waals surface area contributed by atoms with Gasteiger partial charge in [-0.25, -0.2) is 18.4 Å². The number of aromatic nitrogens is 2. The monoisotopic (exact) mass is 340 g/mol. The molecular formula is C15H24N4O3S. The first-order chi connectivity index (χ1) is 10.8. The van der Waals surface area contributed by atoms with Gasteiger partial charge in [0.15, 0.2) is 9.84 Å². The number of hydrogen-bond acceptors (Lipinski definition) is 6. The lowest BCUT2D eigenvalue weighted by Gasteiger charge is -2.24. The maximum absolute atomic E-state index is 12.2. The number of unbranched alkanes of at least 4 members (excludes halogenated alkanes) is 1. The second kappa shape index (κ2) is 7.25. The molecule has 2 heterocycles. The fourth-order valence-electron chi connectivity index (χ4n) is 2.57. The van der Waals surface area contributed by atoms with E-state index in [1.165, 1.54) is 12.4 Å². The third-order valence-corrected chi connectivity index (χ3v) is 5.92. The van der Waals surface area contributed by atoms with Crippen LogP contribution in [0, 0.1) is 0 Å². The lowest BCUT2D eigenvalue weighted by atomic mass is 10.2. The molecule has 0 N–H and O–H groups in total. The normalized spacial score (nSPS) is 19.5. The molecule has 1 fully saturated rings. The number of anilines is 1. The predicted molar refractivity (Wildman–Crippen MR) is 89.4 cm³/mol. The highest BCUT2D eigenvalue weighted by Gasteiger charge is 2.31. The summed E-state index contributed by atoms with van der Waals surface area (Å²) in [6.45, 7) is 2.77. The Morgan fingerprint density at radius 1 is 1.30 bits per heavy atom. The zero-order chi connectivity index (χ0) is 17.0. The summed E-state index contributed by atoms with van der Waals surface area (Å²) >= 11 is 0. The molecule has 0 radical (unpaired) electrons. The Labute approximate surface area is 137 Å². The van der Waals surface area contributed by atoms with Crippen LogP contribution in [0.3, 0.4) is 0 Å². The van der Waals surface area contributed by atoms with E-state index < -0.39 is 9.84 Å². The van der Waals surface area contributed by atoms with E-state index in [0.717, 1.165) is 12.8 Å². The van der Waals surface area contributed by atoms with Gasteiger partial charge in [0.2, 0.25) is 0 Å². The van der Waals surface area contributed by atoms with Crippen LogP contribution < -0.4 is 4.90 Å². The number of nitrogens with zero attached hydrogens (tertiary/aromatic N) is 4. The van der Waals surface area contributed by atoms with E-state index >= 15 is 0 Å². The van der Waals surface area contributed by atoms with Crippen molar-refractivity contribution in [1.29, 1.82) is 0 Å². The van der Waals surface area contributed by atoms with E-state index in [1.807, 2.05) is 11.9 Å². The van der Waals surface area contributed by atoms with E-state index in [1.54, 1.807) is 11.9 Å². The highest BCUT2D eigenvalue weighted by molar-refractivity contribution is 7.91. The molecule has 1 amide bonds. The van der Waals surface area contributed by atoms with Gasteiger partial charge in [0.05, 0.1) is 23.9 Å². The first-order valence-electron chi connectivity index (χ1n) is 7.85. The van der Waals surface area contributed by atoms with Crippen LogP contribution in [-0.2, 0) is 9.84 Å². The van der Waals surface area contributed by atoms with Crippen LogP contribution in [0.4, 0.5) is 5.82 Å². The van der Waals surface area contributed by atoms with Gasteiger partial charge >= 0.3 is 0 Å². The Morgan fingerprint density at radius 3 is 2.57 bits per heavy atom. The Morgan fingerprint density at radius 2 is 2.04 bits per heavy atom. The summed E-state index contributed by atoms with van der Waals surface area (Å²) in [5, 5.41) is 0. The standard InChI is InChI=1S/C15H24N4O3S/c1-4-5-7-18(2)15(20)13-9-17-14(10-16-13)19(3)12-6-8-23(21,22)11-12/h9-10,12H,4-8,11H2,1-3H3. The molecule has 1 aromatic rings. The van der Waals surface area contributed by atoms with Crippen molar-refractivity contribution in [1.82, 2.24) is 14.9 Å². The molecule has 1 aliphatic rings. The Hall–Kier alpha value is -1.70.